The van der Waals surface area contributed by atoms with Gasteiger partial charge in [0.25, 0.3) is 5.56 Å². The maximum atomic E-state index is 13.6. The van der Waals surface area contributed by atoms with Gasteiger partial charge in [0.05, 0.1) is 21.6 Å². The van der Waals surface area contributed by atoms with Gasteiger partial charge in [-0.2, -0.15) is 10.5 Å². The van der Waals surface area contributed by atoms with E-state index in [0.717, 1.165) is 23.4 Å². The highest BCUT2D eigenvalue weighted by Gasteiger charge is 2.25. The summed E-state index contributed by atoms with van der Waals surface area (Å²) < 4.78 is 2.29. The highest BCUT2D eigenvalue weighted by molar-refractivity contribution is 7.99. The van der Waals surface area contributed by atoms with Crippen molar-refractivity contribution in [2.75, 3.05) is 11.4 Å². The van der Waals surface area contributed by atoms with Crippen LogP contribution in [-0.2, 0) is 0 Å². The van der Waals surface area contributed by atoms with Gasteiger partial charge in [0.15, 0.2) is 5.57 Å². The predicted octanol–water partition coefficient (Wildman–Crippen LogP) is 6.74. The Hall–Kier alpha value is -4.04. The van der Waals surface area contributed by atoms with Gasteiger partial charge in [0.1, 0.15) is 16.8 Å². The minimum atomic E-state index is -0.242. The minimum Gasteiger partial charge on any atom is -0.339 e. The van der Waals surface area contributed by atoms with Gasteiger partial charge in [-0.15, -0.1) is 11.3 Å². The first kappa shape index (κ1) is 27.5. The topological polar surface area (TPSA) is 72.8 Å². The molecule has 0 saturated carbocycles. The molecule has 200 valence electrons. The molecule has 1 unspecified atom stereocenters. The third kappa shape index (κ3) is 5.49. The smallest absolute Gasteiger partial charge is 0.273 e. The van der Waals surface area contributed by atoms with Crippen molar-refractivity contribution >= 4 is 46.1 Å². The molecule has 0 spiro atoms. The Morgan fingerprint density at radius 1 is 0.950 bits per heavy atom. The number of hydrogen-bond acceptors (Lipinski definition) is 6. The zero-order valence-electron chi connectivity index (χ0n) is 22.6. The Labute approximate surface area is 242 Å². The molecule has 0 bridgehead atoms. The van der Waals surface area contributed by atoms with Crippen LogP contribution >= 0.6 is 23.1 Å². The fraction of sp³-hybridized carbons (Fsp3) is 0.242. The fourth-order valence-corrected chi connectivity index (χ4v) is 7.24. The third-order valence-electron chi connectivity index (χ3n) is 7.21. The van der Waals surface area contributed by atoms with Gasteiger partial charge >= 0.3 is 0 Å². The monoisotopic (exact) mass is 562 g/mol. The molecular formula is C33H30N4OS2. The van der Waals surface area contributed by atoms with Crippen molar-refractivity contribution in [3.05, 3.63) is 97.9 Å². The van der Waals surface area contributed by atoms with Crippen LogP contribution in [0.15, 0.2) is 87.4 Å². The van der Waals surface area contributed by atoms with Gasteiger partial charge in [0, 0.05) is 16.3 Å². The van der Waals surface area contributed by atoms with E-state index >= 15 is 0 Å². The van der Waals surface area contributed by atoms with Crippen molar-refractivity contribution in [2.45, 2.75) is 49.3 Å². The van der Waals surface area contributed by atoms with Crippen LogP contribution in [0.2, 0.25) is 0 Å². The summed E-state index contributed by atoms with van der Waals surface area (Å²) in [5.41, 5.74) is 3.65. The number of anilines is 2. The molecule has 40 heavy (non-hydrogen) atoms. The first-order chi connectivity index (χ1) is 19.6. The Bertz CT molecular complexity index is 1780. The van der Waals surface area contributed by atoms with Crippen LogP contribution in [0, 0.1) is 28.6 Å². The maximum absolute atomic E-state index is 13.6. The lowest BCUT2D eigenvalue weighted by atomic mass is 9.98. The lowest BCUT2D eigenvalue weighted by Crippen LogP contribution is -2.30. The first-order valence-electron chi connectivity index (χ1n) is 13.6. The number of hydrogen-bond donors (Lipinski definition) is 0. The SMILES string of the molecule is CCCCC(CC)CN1c2ccccc2Sc2cc(/C=c3/sc(=C(C#N)C#N)n(-c4ccccc4)c3=O)ccc21. The van der Waals surface area contributed by atoms with Crippen LogP contribution in [0.3, 0.4) is 0 Å². The molecule has 0 saturated heterocycles. The number of benzene rings is 3. The molecule has 1 atom stereocenters. The Morgan fingerprint density at radius 2 is 1.68 bits per heavy atom. The predicted molar refractivity (Wildman–Crippen MR) is 165 cm³/mol. The molecule has 0 radical (unpaired) electrons. The molecule has 3 aromatic carbocycles. The number of unbranched alkanes of at least 4 members (excludes halogenated alkanes) is 1. The van der Waals surface area contributed by atoms with E-state index < -0.39 is 0 Å². The maximum Gasteiger partial charge on any atom is 0.273 e. The number of para-hydroxylation sites is 2. The molecule has 7 heteroatoms. The molecular weight excluding hydrogens is 533 g/mol. The molecule has 0 N–H and O–H groups in total. The minimum absolute atomic E-state index is 0.0765. The van der Waals surface area contributed by atoms with E-state index in [0.29, 0.717) is 20.8 Å². The van der Waals surface area contributed by atoms with Gasteiger partial charge in [0.2, 0.25) is 0 Å². The fourth-order valence-electron chi connectivity index (χ4n) is 5.05. The summed E-state index contributed by atoms with van der Waals surface area (Å²) in [7, 11) is 0. The summed E-state index contributed by atoms with van der Waals surface area (Å²) >= 11 is 2.93. The highest BCUT2D eigenvalue weighted by atomic mass is 32.2. The molecule has 0 aliphatic carbocycles. The van der Waals surface area contributed by atoms with E-state index in [1.54, 1.807) is 23.9 Å². The average molecular weight is 563 g/mol. The second-order valence-electron chi connectivity index (χ2n) is 9.81. The van der Waals surface area contributed by atoms with Gasteiger partial charge in [-0.1, -0.05) is 81.3 Å². The van der Waals surface area contributed by atoms with E-state index in [-0.39, 0.29) is 11.1 Å². The normalized spacial score (nSPS) is 13.2. The quantitative estimate of drug-likeness (QED) is 0.238. The van der Waals surface area contributed by atoms with Crippen LogP contribution < -0.4 is 19.7 Å². The van der Waals surface area contributed by atoms with E-state index in [9.17, 15) is 15.3 Å². The van der Waals surface area contributed by atoms with Crippen molar-refractivity contribution in [3.63, 3.8) is 0 Å². The molecule has 1 aromatic heterocycles. The van der Waals surface area contributed by atoms with Crippen molar-refractivity contribution in [1.29, 1.82) is 10.5 Å². The molecule has 5 rings (SSSR count). The van der Waals surface area contributed by atoms with Crippen LogP contribution in [0.5, 0.6) is 0 Å². The Balaban J connectivity index is 1.61. The lowest BCUT2D eigenvalue weighted by molar-refractivity contribution is 0.457. The molecule has 0 fully saturated rings. The van der Waals surface area contributed by atoms with Crippen LogP contribution in [-0.4, -0.2) is 11.1 Å². The summed E-state index contributed by atoms with van der Waals surface area (Å²) in [6, 6.07) is 28.0. The zero-order valence-corrected chi connectivity index (χ0v) is 24.3. The van der Waals surface area contributed by atoms with E-state index in [1.807, 2.05) is 36.4 Å². The Kier molecular flexibility index (Phi) is 8.55. The molecule has 5 nitrogen and oxygen atoms in total. The highest BCUT2D eigenvalue weighted by Crippen LogP contribution is 2.48. The van der Waals surface area contributed by atoms with E-state index in [1.165, 1.54) is 51.4 Å². The van der Waals surface area contributed by atoms with Crippen LogP contribution in [0.1, 0.15) is 45.1 Å². The number of fused-ring (bicyclic) bond motifs is 2. The summed E-state index contributed by atoms with van der Waals surface area (Å²) in [6.07, 6.45) is 6.68. The van der Waals surface area contributed by atoms with Crippen molar-refractivity contribution in [1.82, 2.24) is 4.57 Å². The molecule has 4 aromatic rings. The largest absolute Gasteiger partial charge is 0.339 e. The zero-order chi connectivity index (χ0) is 28.1. The summed E-state index contributed by atoms with van der Waals surface area (Å²) in [5, 5.41) is 19.1. The van der Waals surface area contributed by atoms with E-state index in [4.69, 9.17) is 0 Å². The Morgan fingerprint density at radius 3 is 2.40 bits per heavy atom. The third-order valence-corrected chi connectivity index (χ3v) is 9.41. The number of nitrogens with zero attached hydrogens (tertiary/aromatic N) is 4. The van der Waals surface area contributed by atoms with Crippen LogP contribution in [0.25, 0.3) is 17.3 Å². The number of thiazole rings is 1. The first-order valence-corrected chi connectivity index (χ1v) is 15.2. The molecule has 0 amide bonds. The van der Waals surface area contributed by atoms with Gasteiger partial charge in [-0.3, -0.25) is 9.36 Å². The molecule has 1 aliphatic heterocycles. The summed E-state index contributed by atoms with van der Waals surface area (Å²) in [5.74, 6) is 0.613. The second-order valence-corrected chi connectivity index (χ2v) is 11.9. The van der Waals surface area contributed by atoms with Crippen LogP contribution in [0.4, 0.5) is 11.4 Å². The van der Waals surface area contributed by atoms with Crippen molar-refractivity contribution < 1.29 is 0 Å². The van der Waals surface area contributed by atoms with Crippen molar-refractivity contribution in [2.24, 2.45) is 5.92 Å². The lowest BCUT2D eigenvalue weighted by Gasteiger charge is -2.35. The molecule has 1 aliphatic rings. The summed E-state index contributed by atoms with van der Waals surface area (Å²) in [6.45, 7) is 5.50. The average Bonchev–Trinajstić information content (AvgIpc) is 3.30. The van der Waals surface area contributed by atoms with Gasteiger partial charge in [-0.25, -0.2) is 0 Å². The van der Waals surface area contributed by atoms with Crippen molar-refractivity contribution in [3.8, 4) is 17.8 Å². The number of rotatable bonds is 8. The standard InChI is InChI=1S/C33H30N4OS2/c1-3-5-11-23(4-2)22-36-27-14-9-10-15-29(27)39-30-18-24(16-17-28(30)36)19-31-32(38)37(26-12-7-6-8-13-26)33(40-31)25(20-34)21-35/h6-10,12-19,23H,3-5,11,22H2,1-2H3/b31-19+. The van der Waals surface area contributed by atoms with Gasteiger partial charge < -0.3 is 4.90 Å². The van der Waals surface area contributed by atoms with E-state index in [2.05, 4.69) is 61.2 Å². The van der Waals surface area contributed by atoms with Gasteiger partial charge in [-0.05, 0) is 60.4 Å². The molecule has 2 heterocycles. The number of aromatic nitrogens is 1. The second kappa shape index (κ2) is 12.4. The number of nitriles is 2. The summed E-state index contributed by atoms with van der Waals surface area (Å²) in [4.78, 5) is 18.4.